The quantitative estimate of drug-likeness (QED) is 0.671. The molecule has 2 rings (SSSR count). The summed E-state index contributed by atoms with van der Waals surface area (Å²) in [6.45, 7) is 3.61. The summed E-state index contributed by atoms with van der Waals surface area (Å²) in [6, 6.07) is 0.890. The van der Waals surface area contributed by atoms with E-state index >= 15 is 0 Å². The zero-order valence-corrected chi connectivity index (χ0v) is 7.84. The Morgan fingerprint density at radius 2 is 2.00 bits per heavy atom. The first-order valence-electron chi connectivity index (χ1n) is 5.34. The van der Waals surface area contributed by atoms with Gasteiger partial charge in [-0.2, -0.15) is 0 Å². The highest BCUT2D eigenvalue weighted by atomic mass is 15.2. The zero-order valence-electron chi connectivity index (χ0n) is 7.84. The molecule has 1 aliphatic heterocycles. The van der Waals surface area contributed by atoms with Gasteiger partial charge >= 0.3 is 0 Å². The molecule has 2 aliphatic rings. The van der Waals surface area contributed by atoms with E-state index in [1.165, 1.54) is 45.2 Å². The van der Waals surface area contributed by atoms with Crippen molar-refractivity contribution in [1.82, 2.24) is 4.90 Å². The molecule has 1 aliphatic carbocycles. The summed E-state index contributed by atoms with van der Waals surface area (Å²) in [5.74, 6) is 0.823. The first kappa shape index (κ1) is 8.52. The minimum Gasteiger partial charge on any atom is -0.330 e. The molecule has 70 valence electrons. The van der Waals surface area contributed by atoms with Crippen molar-refractivity contribution in [3.8, 4) is 0 Å². The van der Waals surface area contributed by atoms with Crippen LogP contribution in [0.5, 0.6) is 0 Å². The molecule has 2 fully saturated rings. The summed E-state index contributed by atoms with van der Waals surface area (Å²) >= 11 is 0. The maximum Gasteiger partial charge on any atom is 0.00983 e. The van der Waals surface area contributed by atoms with Crippen molar-refractivity contribution >= 4 is 0 Å². The van der Waals surface area contributed by atoms with Crippen LogP contribution < -0.4 is 5.73 Å². The Balaban J connectivity index is 1.81. The molecule has 2 atom stereocenters. The number of hydrogen-bond donors (Lipinski definition) is 1. The lowest BCUT2D eigenvalue weighted by molar-refractivity contribution is 0.0753. The second-order valence-electron chi connectivity index (χ2n) is 4.31. The highest BCUT2D eigenvalue weighted by Gasteiger charge is 2.28. The van der Waals surface area contributed by atoms with E-state index in [2.05, 4.69) is 4.90 Å². The minimum absolute atomic E-state index is 0.823. The summed E-state index contributed by atoms with van der Waals surface area (Å²) in [6.07, 6.45) is 7.00. The smallest absolute Gasteiger partial charge is 0.00983 e. The molecule has 0 spiro atoms. The van der Waals surface area contributed by atoms with Gasteiger partial charge in [0.1, 0.15) is 0 Å². The van der Waals surface area contributed by atoms with Crippen molar-refractivity contribution in [2.75, 3.05) is 19.6 Å². The van der Waals surface area contributed by atoms with E-state index in [-0.39, 0.29) is 0 Å². The zero-order chi connectivity index (χ0) is 8.39. The fraction of sp³-hybridized carbons (Fsp3) is 1.00. The molecular weight excluding hydrogens is 148 g/mol. The molecular formula is C10H20N2. The summed E-state index contributed by atoms with van der Waals surface area (Å²) in [7, 11) is 0. The maximum atomic E-state index is 5.71. The topological polar surface area (TPSA) is 29.3 Å². The number of rotatable bonds is 2. The fourth-order valence-electron chi connectivity index (χ4n) is 2.51. The van der Waals surface area contributed by atoms with Crippen LogP contribution in [-0.2, 0) is 0 Å². The van der Waals surface area contributed by atoms with Crippen molar-refractivity contribution in [2.24, 2.45) is 11.7 Å². The van der Waals surface area contributed by atoms with Gasteiger partial charge in [0.05, 0.1) is 0 Å². The molecule has 0 bridgehead atoms. The normalized spacial score (nSPS) is 37.8. The molecule has 0 aromatic rings. The lowest BCUT2D eigenvalue weighted by Gasteiger charge is -2.42. The predicted molar refractivity (Wildman–Crippen MR) is 51.0 cm³/mol. The van der Waals surface area contributed by atoms with Gasteiger partial charge in [-0.3, -0.25) is 0 Å². The van der Waals surface area contributed by atoms with Crippen LogP contribution in [0.15, 0.2) is 0 Å². The van der Waals surface area contributed by atoms with Crippen molar-refractivity contribution < 1.29 is 0 Å². The lowest BCUT2D eigenvalue weighted by atomic mass is 9.84. The third-order valence-corrected chi connectivity index (χ3v) is 3.50. The number of nitrogens with zero attached hydrogens (tertiary/aromatic N) is 1. The Kier molecular flexibility index (Phi) is 2.66. The van der Waals surface area contributed by atoms with E-state index in [0.717, 1.165) is 18.5 Å². The largest absolute Gasteiger partial charge is 0.330 e. The molecule has 2 unspecified atom stereocenters. The monoisotopic (exact) mass is 168 g/mol. The first-order chi connectivity index (χ1) is 5.90. The van der Waals surface area contributed by atoms with Crippen LogP contribution >= 0.6 is 0 Å². The maximum absolute atomic E-state index is 5.71. The van der Waals surface area contributed by atoms with Crippen LogP contribution in [0.4, 0.5) is 0 Å². The number of hydrogen-bond acceptors (Lipinski definition) is 2. The summed E-state index contributed by atoms with van der Waals surface area (Å²) in [5.41, 5.74) is 5.71. The summed E-state index contributed by atoms with van der Waals surface area (Å²) in [5, 5.41) is 0. The van der Waals surface area contributed by atoms with Gasteiger partial charge in [-0.1, -0.05) is 6.42 Å². The van der Waals surface area contributed by atoms with E-state index in [9.17, 15) is 0 Å². The van der Waals surface area contributed by atoms with E-state index < -0.39 is 0 Å². The van der Waals surface area contributed by atoms with Gasteiger partial charge in [0.25, 0.3) is 0 Å². The van der Waals surface area contributed by atoms with E-state index in [0.29, 0.717) is 0 Å². The highest BCUT2D eigenvalue weighted by Crippen LogP contribution is 2.29. The summed E-state index contributed by atoms with van der Waals surface area (Å²) < 4.78 is 0. The van der Waals surface area contributed by atoms with Crippen LogP contribution in [0.1, 0.15) is 32.1 Å². The van der Waals surface area contributed by atoms with E-state index in [4.69, 9.17) is 5.73 Å². The van der Waals surface area contributed by atoms with Gasteiger partial charge in [-0.25, -0.2) is 0 Å². The number of likely N-dealkylation sites (tertiary alicyclic amines) is 1. The standard InChI is InChI=1S/C10H20N2/c11-8-9-3-1-4-10(7-9)12-5-2-6-12/h9-10H,1-8,11H2. The SMILES string of the molecule is NCC1CCCC(N2CCC2)C1. The average Bonchev–Trinajstić information content (AvgIpc) is 2.02. The fourth-order valence-corrected chi connectivity index (χ4v) is 2.51. The first-order valence-corrected chi connectivity index (χ1v) is 5.34. The van der Waals surface area contributed by atoms with Gasteiger partial charge < -0.3 is 10.6 Å². The second kappa shape index (κ2) is 3.75. The van der Waals surface area contributed by atoms with Gasteiger partial charge in [0, 0.05) is 6.04 Å². The minimum atomic E-state index is 0.823. The molecule has 2 N–H and O–H groups in total. The summed E-state index contributed by atoms with van der Waals surface area (Å²) in [4.78, 5) is 2.64. The Bertz CT molecular complexity index is 143. The second-order valence-corrected chi connectivity index (χ2v) is 4.31. The predicted octanol–water partition coefficient (Wildman–Crippen LogP) is 1.21. The molecule has 2 nitrogen and oxygen atoms in total. The van der Waals surface area contributed by atoms with Crippen molar-refractivity contribution in [1.29, 1.82) is 0 Å². The van der Waals surface area contributed by atoms with Gasteiger partial charge in [0.2, 0.25) is 0 Å². The van der Waals surface area contributed by atoms with Crippen molar-refractivity contribution in [3.63, 3.8) is 0 Å². The Hall–Kier alpha value is -0.0800. The molecule has 2 heteroatoms. The average molecular weight is 168 g/mol. The van der Waals surface area contributed by atoms with Gasteiger partial charge in [-0.05, 0) is 51.2 Å². The van der Waals surface area contributed by atoms with E-state index in [1.807, 2.05) is 0 Å². The Labute approximate surface area is 75.1 Å². The molecule has 1 saturated carbocycles. The van der Waals surface area contributed by atoms with Crippen LogP contribution in [0.25, 0.3) is 0 Å². The molecule has 1 saturated heterocycles. The number of nitrogens with two attached hydrogens (primary N) is 1. The molecule has 0 amide bonds. The molecule has 12 heavy (non-hydrogen) atoms. The van der Waals surface area contributed by atoms with Crippen LogP contribution in [0.2, 0.25) is 0 Å². The van der Waals surface area contributed by atoms with E-state index in [1.54, 1.807) is 0 Å². The third kappa shape index (κ3) is 1.64. The molecule has 0 aromatic carbocycles. The third-order valence-electron chi connectivity index (χ3n) is 3.50. The van der Waals surface area contributed by atoms with Crippen molar-refractivity contribution in [3.05, 3.63) is 0 Å². The molecule has 0 radical (unpaired) electrons. The van der Waals surface area contributed by atoms with Crippen LogP contribution in [0.3, 0.4) is 0 Å². The van der Waals surface area contributed by atoms with Crippen LogP contribution in [0, 0.1) is 5.92 Å². The lowest BCUT2D eigenvalue weighted by Crippen LogP contribution is -2.47. The Morgan fingerprint density at radius 1 is 1.17 bits per heavy atom. The van der Waals surface area contributed by atoms with Gasteiger partial charge in [0.15, 0.2) is 0 Å². The highest BCUT2D eigenvalue weighted by molar-refractivity contribution is 4.84. The van der Waals surface area contributed by atoms with Crippen LogP contribution in [-0.4, -0.2) is 30.6 Å². The van der Waals surface area contributed by atoms with Crippen molar-refractivity contribution in [2.45, 2.75) is 38.1 Å². The molecule has 0 aromatic heterocycles. The Morgan fingerprint density at radius 3 is 2.58 bits per heavy atom. The molecule has 1 heterocycles. The van der Waals surface area contributed by atoms with Gasteiger partial charge in [-0.15, -0.1) is 0 Å².